The van der Waals surface area contributed by atoms with E-state index in [9.17, 15) is 9.59 Å². The molecule has 0 saturated heterocycles. The number of nitrogens with one attached hydrogen (secondary N) is 1. The van der Waals surface area contributed by atoms with E-state index < -0.39 is 11.9 Å². The van der Waals surface area contributed by atoms with Gasteiger partial charge in [0.1, 0.15) is 5.56 Å². The highest BCUT2D eigenvalue weighted by atomic mass is 35.5. The number of anilines is 1. The van der Waals surface area contributed by atoms with Crippen LogP contribution in [0.1, 0.15) is 15.9 Å². The van der Waals surface area contributed by atoms with Gasteiger partial charge in [0, 0.05) is 12.4 Å². The molecule has 1 aromatic carbocycles. The fourth-order valence-electron chi connectivity index (χ4n) is 1.75. The third-order valence-electron chi connectivity index (χ3n) is 2.67. The number of pyridine rings is 1. The Morgan fingerprint density at radius 2 is 1.90 bits per heavy atom. The van der Waals surface area contributed by atoms with Gasteiger partial charge in [0.2, 0.25) is 5.91 Å². The van der Waals surface area contributed by atoms with Crippen molar-refractivity contribution in [3.05, 3.63) is 57.8 Å². The smallest absolute Gasteiger partial charge is 0.339 e. The Morgan fingerprint density at radius 3 is 2.52 bits per heavy atom. The van der Waals surface area contributed by atoms with Crippen LogP contribution >= 0.6 is 23.2 Å². The van der Waals surface area contributed by atoms with Crippen molar-refractivity contribution in [3.8, 4) is 0 Å². The number of halogens is 2. The molecule has 0 aliphatic carbocycles. The van der Waals surface area contributed by atoms with Gasteiger partial charge in [0.15, 0.2) is 0 Å². The molecule has 2 aromatic rings. The quantitative estimate of drug-likeness (QED) is 0.904. The van der Waals surface area contributed by atoms with Crippen LogP contribution in [0.4, 0.5) is 5.69 Å². The van der Waals surface area contributed by atoms with E-state index in [2.05, 4.69) is 10.3 Å². The normalized spacial score (nSPS) is 10.2. The number of rotatable bonds is 4. The molecule has 0 fully saturated rings. The van der Waals surface area contributed by atoms with Crippen molar-refractivity contribution in [1.29, 1.82) is 0 Å². The predicted molar refractivity (Wildman–Crippen MR) is 80.0 cm³/mol. The van der Waals surface area contributed by atoms with Crippen LogP contribution in [0.2, 0.25) is 10.0 Å². The summed E-state index contributed by atoms with van der Waals surface area (Å²) < 4.78 is 0. The van der Waals surface area contributed by atoms with Crippen molar-refractivity contribution in [2.75, 3.05) is 5.32 Å². The molecule has 108 valence electrons. The molecule has 0 radical (unpaired) electrons. The number of aromatic nitrogens is 1. The van der Waals surface area contributed by atoms with Gasteiger partial charge in [-0.2, -0.15) is 0 Å². The number of carbonyl (C=O) groups is 2. The van der Waals surface area contributed by atoms with Gasteiger partial charge in [-0.25, -0.2) is 4.79 Å². The molecule has 0 aliphatic rings. The summed E-state index contributed by atoms with van der Waals surface area (Å²) in [4.78, 5) is 27.1. The van der Waals surface area contributed by atoms with Crippen LogP contribution in [-0.4, -0.2) is 22.0 Å². The van der Waals surface area contributed by atoms with E-state index in [0.717, 1.165) is 0 Å². The Bertz CT molecular complexity index is 690. The molecule has 2 N–H and O–H groups in total. The number of hydrogen-bond acceptors (Lipinski definition) is 3. The second-order valence-electron chi connectivity index (χ2n) is 4.17. The summed E-state index contributed by atoms with van der Waals surface area (Å²) >= 11 is 11.8. The molecule has 1 amide bonds. The molecule has 21 heavy (non-hydrogen) atoms. The van der Waals surface area contributed by atoms with Crippen molar-refractivity contribution in [2.24, 2.45) is 0 Å². The SMILES string of the molecule is O=C(Cc1cccnc1)Nc1c(Cl)ccc(Cl)c1C(=O)O. The van der Waals surface area contributed by atoms with Crippen LogP contribution in [0, 0.1) is 0 Å². The number of carboxylic acids is 1. The summed E-state index contributed by atoms with van der Waals surface area (Å²) in [5, 5.41) is 11.8. The molecular formula is C14H10Cl2N2O3. The van der Waals surface area contributed by atoms with Gasteiger partial charge in [-0.05, 0) is 23.8 Å². The van der Waals surface area contributed by atoms with Crippen LogP contribution in [0.15, 0.2) is 36.7 Å². The Morgan fingerprint density at radius 1 is 1.19 bits per heavy atom. The first-order valence-electron chi connectivity index (χ1n) is 5.89. The van der Waals surface area contributed by atoms with Gasteiger partial charge in [-0.15, -0.1) is 0 Å². The molecule has 0 bridgehead atoms. The average molecular weight is 325 g/mol. The molecule has 0 unspecified atom stereocenters. The lowest BCUT2D eigenvalue weighted by Crippen LogP contribution is -2.17. The molecule has 1 heterocycles. The van der Waals surface area contributed by atoms with E-state index in [0.29, 0.717) is 5.56 Å². The first-order chi connectivity index (χ1) is 9.99. The van der Waals surface area contributed by atoms with E-state index in [1.165, 1.54) is 12.1 Å². The predicted octanol–water partition coefficient (Wildman–Crippen LogP) is 3.27. The monoisotopic (exact) mass is 324 g/mol. The second kappa shape index (κ2) is 6.56. The molecular weight excluding hydrogens is 315 g/mol. The summed E-state index contributed by atoms with van der Waals surface area (Å²) in [6.07, 6.45) is 3.20. The van der Waals surface area contributed by atoms with Gasteiger partial charge in [0.05, 0.1) is 22.2 Å². The lowest BCUT2D eigenvalue weighted by atomic mass is 10.1. The molecule has 5 nitrogen and oxygen atoms in total. The summed E-state index contributed by atoms with van der Waals surface area (Å²) in [6.45, 7) is 0. The van der Waals surface area contributed by atoms with Crippen LogP contribution in [-0.2, 0) is 11.2 Å². The van der Waals surface area contributed by atoms with Crippen molar-refractivity contribution in [1.82, 2.24) is 4.98 Å². The summed E-state index contributed by atoms with van der Waals surface area (Å²) in [6, 6.07) is 6.24. The summed E-state index contributed by atoms with van der Waals surface area (Å²) in [7, 11) is 0. The number of carboxylic acid groups (broad SMARTS) is 1. The number of amides is 1. The van der Waals surface area contributed by atoms with E-state index >= 15 is 0 Å². The third-order valence-corrected chi connectivity index (χ3v) is 3.30. The zero-order valence-corrected chi connectivity index (χ0v) is 12.1. The van der Waals surface area contributed by atoms with Crippen molar-refractivity contribution in [2.45, 2.75) is 6.42 Å². The number of benzene rings is 1. The highest BCUT2D eigenvalue weighted by Crippen LogP contribution is 2.32. The van der Waals surface area contributed by atoms with E-state index in [1.807, 2.05) is 0 Å². The van der Waals surface area contributed by atoms with Gasteiger partial charge < -0.3 is 10.4 Å². The van der Waals surface area contributed by atoms with Crippen molar-refractivity contribution < 1.29 is 14.7 Å². The topological polar surface area (TPSA) is 79.3 Å². The summed E-state index contributed by atoms with van der Waals surface area (Å²) in [5.74, 6) is -1.67. The Labute approximate surface area is 130 Å². The number of aromatic carboxylic acids is 1. The minimum atomic E-state index is -1.26. The van der Waals surface area contributed by atoms with E-state index in [1.54, 1.807) is 24.5 Å². The van der Waals surface area contributed by atoms with Gasteiger partial charge in [-0.3, -0.25) is 9.78 Å². The van der Waals surface area contributed by atoms with Crippen LogP contribution in [0.3, 0.4) is 0 Å². The van der Waals surface area contributed by atoms with Crippen LogP contribution in [0.5, 0.6) is 0 Å². The lowest BCUT2D eigenvalue weighted by Gasteiger charge is -2.11. The third kappa shape index (κ3) is 3.71. The second-order valence-corrected chi connectivity index (χ2v) is 4.98. The lowest BCUT2D eigenvalue weighted by molar-refractivity contribution is -0.115. The molecule has 7 heteroatoms. The molecule has 1 aromatic heterocycles. The van der Waals surface area contributed by atoms with Gasteiger partial charge >= 0.3 is 5.97 Å². The summed E-state index contributed by atoms with van der Waals surface area (Å²) in [5.41, 5.74) is 0.458. The molecule has 0 atom stereocenters. The molecule has 0 spiro atoms. The van der Waals surface area contributed by atoms with E-state index in [-0.39, 0.29) is 27.7 Å². The van der Waals surface area contributed by atoms with Gasteiger partial charge in [0.25, 0.3) is 0 Å². The number of carbonyl (C=O) groups excluding carboxylic acids is 1. The van der Waals surface area contributed by atoms with Gasteiger partial charge in [-0.1, -0.05) is 29.3 Å². The first-order valence-corrected chi connectivity index (χ1v) is 6.64. The first kappa shape index (κ1) is 15.3. The number of nitrogens with zero attached hydrogens (tertiary/aromatic N) is 1. The maximum absolute atomic E-state index is 12.0. The maximum atomic E-state index is 12.0. The fraction of sp³-hybridized carbons (Fsp3) is 0.0714. The Hall–Kier alpha value is -2.11. The van der Waals surface area contributed by atoms with Crippen LogP contribution in [0.25, 0.3) is 0 Å². The minimum absolute atomic E-state index is 0.00331. The van der Waals surface area contributed by atoms with Crippen LogP contribution < -0.4 is 5.32 Å². The highest BCUT2D eigenvalue weighted by Gasteiger charge is 2.19. The number of hydrogen-bond donors (Lipinski definition) is 2. The minimum Gasteiger partial charge on any atom is -0.478 e. The molecule has 0 saturated carbocycles. The van der Waals surface area contributed by atoms with Crippen molar-refractivity contribution in [3.63, 3.8) is 0 Å². The molecule has 2 rings (SSSR count). The Kier molecular flexibility index (Phi) is 4.77. The maximum Gasteiger partial charge on any atom is 0.339 e. The Balaban J connectivity index is 2.25. The highest BCUT2D eigenvalue weighted by molar-refractivity contribution is 6.38. The fourth-order valence-corrected chi connectivity index (χ4v) is 2.20. The standard InChI is InChI=1S/C14H10Cl2N2O3/c15-9-3-4-10(16)13(12(9)14(20)21)18-11(19)6-8-2-1-5-17-7-8/h1-5,7H,6H2,(H,18,19)(H,20,21). The van der Waals surface area contributed by atoms with Crippen molar-refractivity contribution >= 4 is 40.8 Å². The molecule has 0 aliphatic heterocycles. The average Bonchev–Trinajstić information content (AvgIpc) is 2.43. The zero-order valence-electron chi connectivity index (χ0n) is 10.6. The largest absolute Gasteiger partial charge is 0.478 e. The van der Waals surface area contributed by atoms with E-state index in [4.69, 9.17) is 28.3 Å². The zero-order chi connectivity index (χ0) is 15.4.